The minimum atomic E-state index is -0.394. The van der Waals surface area contributed by atoms with Crippen molar-refractivity contribution in [3.05, 3.63) is 42.7 Å². The molecular weight excluding hydrogens is 322 g/mol. The van der Waals surface area contributed by atoms with Crippen molar-refractivity contribution in [2.75, 3.05) is 32.7 Å². The Balaban J connectivity index is 1.77. The summed E-state index contributed by atoms with van der Waals surface area (Å²) in [5, 5.41) is 5.32. The van der Waals surface area contributed by atoms with Crippen LogP contribution in [-0.4, -0.2) is 38.4 Å². The van der Waals surface area contributed by atoms with Gasteiger partial charge in [0.25, 0.3) is 0 Å². The predicted octanol–water partition coefficient (Wildman–Crippen LogP) is 2.30. The Bertz CT molecular complexity index is 754. The molecule has 2 N–H and O–H groups in total. The Morgan fingerprint density at radius 3 is 2.76 bits per heavy atom. The normalized spacial score (nSPS) is 9.36. The van der Waals surface area contributed by atoms with E-state index in [-0.39, 0.29) is 13.2 Å². The first kappa shape index (κ1) is 17.9. The predicted molar refractivity (Wildman–Crippen MR) is 94.1 cm³/mol. The van der Waals surface area contributed by atoms with Gasteiger partial charge >= 0.3 is 6.03 Å². The third kappa shape index (κ3) is 5.62. The number of para-hydroxylation sites is 1. The Morgan fingerprint density at radius 1 is 1.16 bits per heavy atom. The van der Waals surface area contributed by atoms with Crippen LogP contribution in [0.2, 0.25) is 0 Å². The molecule has 0 aliphatic heterocycles. The van der Waals surface area contributed by atoms with Crippen LogP contribution >= 0.6 is 0 Å². The van der Waals surface area contributed by atoms with Crippen LogP contribution in [0.3, 0.4) is 0 Å². The minimum absolute atomic E-state index is 0.189. The summed E-state index contributed by atoms with van der Waals surface area (Å²) in [5.41, 5.74) is 0.507. The number of nitrogens with one attached hydrogen (secondary N) is 2. The SMILES string of the molecule is COc1cccc(NC(=O)NCC#CCOc2cccnc2)c1OC. The van der Waals surface area contributed by atoms with Crippen LogP contribution in [0.15, 0.2) is 42.7 Å². The number of ether oxygens (including phenoxy) is 3. The van der Waals surface area contributed by atoms with Gasteiger partial charge in [0, 0.05) is 6.20 Å². The molecule has 1 heterocycles. The van der Waals surface area contributed by atoms with Gasteiger partial charge in [-0.25, -0.2) is 4.79 Å². The summed E-state index contributed by atoms with van der Waals surface area (Å²) in [6.45, 7) is 0.410. The number of hydrogen-bond donors (Lipinski definition) is 2. The van der Waals surface area contributed by atoms with Gasteiger partial charge in [0.1, 0.15) is 12.4 Å². The van der Waals surface area contributed by atoms with E-state index in [4.69, 9.17) is 14.2 Å². The second-order valence-corrected chi connectivity index (χ2v) is 4.68. The average Bonchev–Trinajstić information content (AvgIpc) is 2.65. The van der Waals surface area contributed by atoms with Crippen molar-refractivity contribution in [2.24, 2.45) is 0 Å². The third-order valence-corrected chi connectivity index (χ3v) is 3.06. The number of urea groups is 1. The van der Waals surface area contributed by atoms with Crippen molar-refractivity contribution in [3.8, 4) is 29.1 Å². The summed E-state index contributed by atoms with van der Waals surface area (Å²) in [7, 11) is 3.04. The van der Waals surface area contributed by atoms with Crippen LogP contribution in [0.1, 0.15) is 0 Å². The maximum absolute atomic E-state index is 11.9. The fraction of sp³-hybridized carbons (Fsp3) is 0.222. The number of hydrogen-bond acceptors (Lipinski definition) is 5. The van der Waals surface area contributed by atoms with Gasteiger partial charge in [-0.3, -0.25) is 4.98 Å². The second kappa shape index (κ2) is 9.67. The van der Waals surface area contributed by atoms with Crippen molar-refractivity contribution < 1.29 is 19.0 Å². The molecule has 0 saturated carbocycles. The van der Waals surface area contributed by atoms with Gasteiger partial charge in [-0.2, -0.15) is 0 Å². The van der Waals surface area contributed by atoms with Crippen LogP contribution in [-0.2, 0) is 0 Å². The Labute approximate surface area is 146 Å². The number of pyridine rings is 1. The van der Waals surface area contributed by atoms with E-state index in [0.29, 0.717) is 22.9 Å². The zero-order valence-electron chi connectivity index (χ0n) is 14.0. The highest BCUT2D eigenvalue weighted by atomic mass is 16.5. The zero-order chi connectivity index (χ0) is 17.9. The third-order valence-electron chi connectivity index (χ3n) is 3.06. The van der Waals surface area contributed by atoms with Crippen LogP contribution in [0.25, 0.3) is 0 Å². The van der Waals surface area contributed by atoms with Crippen molar-refractivity contribution in [2.45, 2.75) is 0 Å². The Hall–Kier alpha value is -3.40. The highest BCUT2D eigenvalue weighted by molar-refractivity contribution is 5.91. The lowest BCUT2D eigenvalue weighted by Crippen LogP contribution is -2.29. The molecule has 0 spiro atoms. The lowest BCUT2D eigenvalue weighted by molar-refractivity contribution is 0.253. The molecule has 2 aromatic rings. The summed E-state index contributed by atoms with van der Waals surface area (Å²) in [4.78, 5) is 15.8. The number of benzene rings is 1. The molecule has 0 fully saturated rings. The number of amides is 2. The molecular formula is C18H19N3O4. The van der Waals surface area contributed by atoms with Crippen molar-refractivity contribution in [1.29, 1.82) is 0 Å². The van der Waals surface area contributed by atoms with Gasteiger partial charge in [-0.15, -0.1) is 0 Å². The fourth-order valence-electron chi connectivity index (χ4n) is 1.94. The number of rotatable bonds is 6. The van der Waals surface area contributed by atoms with Gasteiger partial charge in [0.2, 0.25) is 0 Å². The van der Waals surface area contributed by atoms with Crippen LogP contribution in [0.4, 0.5) is 10.5 Å². The highest BCUT2D eigenvalue weighted by Crippen LogP contribution is 2.34. The number of nitrogens with zero attached hydrogens (tertiary/aromatic N) is 1. The van der Waals surface area contributed by atoms with Gasteiger partial charge < -0.3 is 24.8 Å². The summed E-state index contributed by atoms with van der Waals surface area (Å²) >= 11 is 0. The monoisotopic (exact) mass is 341 g/mol. The van der Waals surface area contributed by atoms with Gasteiger partial charge in [-0.05, 0) is 24.3 Å². The van der Waals surface area contributed by atoms with E-state index >= 15 is 0 Å². The van der Waals surface area contributed by atoms with Gasteiger partial charge in [-0.1, -0.05) is 17.9 Å². The lowest BCUT2D eigenvalue weighted by atomic mass is 10.2. The standard InChI is InChI=1S/C18H19N3O4/c1-23-16-9-5-8-15(17(16)24-2)21-18(22)20-11-3-4-12-25-14-7-6-10-19-13-14/h5-10,13H,11-12H2,1-2H3,(H2,20,21,22). The molecule has 0 aliphatic carbocycles. The number of methoxy groups -OCH3 is 2. The molecule has 2 rings (SSSR count). The molecule has 130 valence electrons. The molecule has 0 aliphatic rings. The Kier molecular flexibility index (Phi) is 6.95. The van der Waals surface area contributed by atoms with E-state index in [9.17, 15) is 4.79 Å². The van der Waals surface area contributed by atoms with E-state index in [1.807, 2.05) is 0 Å². The van der Waals surface area contributed by atoms with E-state index in [1.54, 1.807) is 42.7 Å². The number of anilines is 1. The summed E-state index contributed by atoms with van der Waals surface area (Å²) in [6, 6.07) is 8.40. The quantitative estimate of drug-likeness (QED) is 0.788. The van der Waals surface area contributed by atoms with Crippen molar-refractivity contribution in [1.82, 2.24) is 10.3 Å². The maximum atomic E-state index is 11.9. The molecule has 7 heteroatoms. The summed E-state index contributed by atoms with van der Waals surface area (Å²) < 4.78 is 15.8. The van der Waals surface area contributed by atoms with Gasteiger partial charge in [0.15, 0.2) is 11.5 Å². The van der Waals surface area contributed by atoms with Gasteiger partial charge in [0.05, 0.1) is 32.6 Å². The molecule has 0 radical (unpaired) electrons. The van der Waals surface area contributed by atoms with Crippen LogP contribution < -0.4 is 24.8 Å². The molecule has 2 amide bonds. The topological polar surface area (TPSA) is 81.7 Å². The van der Waals surface area contributed by atoms with Crippen LogP contribution in [0, 0.1) is 11.8 Å². The minimum Gasteiger partial charge on any atom is -0.493 e. The molecule has 7 nitrogen and oxygen atoms in total. The zero-order valence-corrected chi connectivity index (χ0v) is 14.0. The first-order chi connectivity index (χ1) is 12.2. The maximum Gasteiger partial charge on any atom is 0.320 e. The van der Waals surface area contributed by atoms with E-state index in [2.05, 4.69) is 27.5 Å². The molecule has 1 aromatic carbocycles. The van der Waals surface area contributed by atoms with Crippen molar-refractivity contribution >= 4 is 11.7 Å². The number of aromatic nitrogens is 1. The summed E-state index contributed by atoms with van der Waals surface area (Å²) in [6.07, 6.45) is 3.27. The molecule has 1 aromatic heterocycles. The summed E-state index contributed by atoms with van der Waals surface area (Å²) in [5.74, 6) is 7.24. The first-order valence-electron chi connectivity index (χ1n) is 7.49. The molecule has 0 atom stereocenters. The van der Waals surface area contributed by atoms with Crippen molar-refractivity contribution in [3.63, 3.8) is 0 Å². The molecule has 0 unspecified atom stereocenters. The molecule has 0 saturated heterocycles. The van der Waals surface area contributed by atoms with E-state index in [1.165, 1.54) is 14.2 Å². The van der Waals surface area contributed by atoms with Crippen LogP contribution in [0.5, 0.6) is 17.2 Å². The lowest BCUT2D eigenvalue weighted by Gasteiger charge is -2.13. The molecule has 0 bridgehead atoms. The number of carbonyl (C=O) groups is 1. The highest BCUT2D eigenvalue weighted by Gasteiger charge is 2.11. The van der Waals surface area contributed by atoms with E-state index in [0.717, 1.165) is 0 Å². The first-order valence-corrected chi connectivity index (χ1v) is 7.49. The van der Waals surface area contributed by atoms with E-state index < -0.39 is 6.03 Å². The average molecular weight is 341 g/mol. The second-order valence-electron chi connectivity index (χ2n) is 4.68. The fourth-order valence-corrected chi connectivity index (χ4v) is 1.94. The smallest absolute Gasteiger partial charge is 0.320 e. The molecule has 25 heavy (non-hydrogen) atoms. The number of carbonyl (C=O) groups excluding carboxylic acids is 1. The Morgan fingerprint density at radius 2 is 2.04 bits per heavy atom. The largest absolute Gasteiger partial charge is 0.493 e.